The predicted octanol–water partition coefficient (Wildman–Crippen LogP) is 1.99. The number of aromatic nitrogens is 2. The molecule has 1 N–H and O–H groups in total. The maximum absolute atomic E-state index is 8.93. The summed E-state index contributed by atoms with van der Waals surface area (Å²) in [7, 11) is 0. The van der Waals surface area contributed by atoms with Gasteiger partial charge in [-0.2, -0.15) is 5.10 Å². The normalized spacial score (nSPS) is 10.6. The van der Waals surface area contributed by atoms with Crippen LogP contribution in [0.2, 0.25) is 0 Å². The Hall–Kier alpha value is -1.61. The molecule has 0 aliphatic carbocycles. The summed E-state index contributed by atoms with van der Waals surface area (Å²) in [6.07, 6.45) is 4.63. The second-order valence-electron chi connectivity index (χ2n) is 3.87. The average molecular weight is 216 g/mol. The lowest BCUT2D eigenvalue weighted by Gasteiger charge is -2.03. The van der Waals surface area contributed by atoms with Gasteiger partial charge in [0.05, 0.1) is 19.3 Å². The summed E-state index contributed by atoms with van der Waals surface area (Å²) in [6.45, 7) is 2.95. The monoisotopic (exact) mass is 216 g/mol. The molecule has 3 nitrogen and oxygen atoms in total. The Bertz CT molecular complexity index is 445. The Morgan fingerprint density at radius 1 is 1.12 bits per heavy atom. The van der Waals surface area contributed by atoms with E-state index in [9.17, 15) is 0 Å². The number of aryl methyl sites for hydroxylation is 1. The van der Waals surface area contributed by atoms with Gasteiger partial charge in [-0.15, -0.1) is 0 Å². The van der Waals surface area contributed by atoms with Gasteiger partial charge in [-0.25, -0.2) is 0 Å². The summed E-state index contributed by atoms with van der Waals surface area (Å²) >= 11 is 0. The highest BCUT2D eigenvalue weighted by atomic mass is 16.3. The fourth-order valence-electron chi connectivity index (χ4n) is 1.64. The zero-order valence-corrected chi connectivity index (χ0v) is 9.43. The van der Waals surface area contributed by atoms with E-state index in [-0.39, 0.29) is 6.61 Å². The SMILES string of the molecule is CCc1ccc(Cn2cc(CO)cn2)cc1. The first kappa shape index (κ1) is 10.9. The third-order valence-electron chi connectivity index (χ3n) is 2.65. The van der Waals surface area contributed by atoms with Crippen LogP contribution in [-0.2, 0) is 19.6 Å². The van der Waals surface area contributed by atoms with Crippen LogP contribution < -0.4 is 0 Å². The summed E-state index contributed by atoms with van der Waals surface area (Å²) in [5, 5.41) is 13.1. The molecule has 1 aromatic carbocycles. The maximum atomic E-state index is 8.93. The third-order valence-corrected chi connectivity index (χ3v) is 2.65. The molecule has 2 aromatic rings. The van der Waals surface area contributed by atoms with Gasteiger partial charge in [0.25, 0.3) is 0 Å². The van der Waals surface area contributed by atoms with E-state index in [0.29, 0.717) is 0 Å². The molecule has 3 heteroatoms. The van der Waals surface area contributed by atoms with E-state index in [1.165, 1.54) is 11.1 Å². The van der Waals surface area contributed by atoms with Crippen LogP contribution in [0.3, 0.4) is 0 Å². The molecule has 0 bridgehead atoms. The highest BCUT2D eigenvalue weighted by molar-refractivity contribution is 5.22. The molecule has 0 fully saturated rings. The predicted molar refractivity (Wildman–Crippen MR) is 63.1 cm³/mol. The number of aliphatic hydroxyl groups excluding tert-OH is 1. The molecular formula is C13H16N2O. The van der Waals surface area contributed by atoms with Crippen LogP contribution in [0.4, 0.5) is 0 Å². The molecule has 0 saturated heterocycles. The van der Waals surface area contributed by atoms with Crippen LogP contribution in [0.1, 0.15) is 23.6 Å². The number of hydrogen-bond donors (Lipinski definition) is 1. The molecule has 0 saturated carbocycles. The number of rotatable bonds is 4. The van der Waals surface area contributed by atoms with Crippen molar-refractivity contribution in [3.63, 3.8) is 0 Å². The van der Waals surface area contributed by atoms with Gasteiger partial charge >= 0.3 is 0 Å². The Kier molecular flexibility index (Phi) is 3.37. The van der Waals surface area contributed by atoms with E-state index < -0.39 is 0 Å². The summed E-state index contributed by atoms with van der Waals surface area (Å²) in [5.41, 5.74) is 3.43. The second kappa shape index (κ2) is 4.94. The fourth-order valence-corrected chi connectivity index (χ4v) is 1.64. The van der Waals surface area contributed by atoms with Crippen molar-refractivity contribution in [2.24, 2.45) is 0 Å². The van der Waals surface area contributed by atoms with Crippen LogP contribution in [0.15, 0.2) is 36.7 Å². The van der Waals surface area contributed by atoms with Gasteiger partial charge < -0.3 is 5.11 Å². The first-order valence-corrected chi connectivity index (χ1v) is 5.52. The van der Waals surface area contributed by atoms with Crippen LogP contribution in [0.5, 0.6) is 0 Å². The molecular weight excluding hydrogens is 200 g/mol. The third kappa shape index (κ3) is 2.49. The molecule has 0 aliphatic heterocycles. The van der Waals surface area contributed by atoms with Crippen LogP contribution >= 0.6 is 0 Å². The van der Waals surface area contributed by atoms with Gasteiger partial charge in [-0.1, -0.05) is 31.2 Å². The Labute approximate surface area is 95.3 Å². The minimum Gasteiger partial charge on any atom is -0.392 e. The van der Waals surface area contributed by atoms with Crippen molar-refractivity contribution in [3.8, 4) is 0 Å². The Morgan fingerprint density at radius 2 is 1.81 bits per heavy atom. The van der Waals surface area contributed by atoms with Gasteiger partial charge in [-0.3, -0.25) is 4.68 Å². The lowest BCUT2D eigenvalue weighted by atomic mass is 10.1. The number of aliphatic hydroxyl groups is 1. The van der Waals surface area contributed by atoms with E-state index in [0.717, 1.165) is 18.5 Å². The first-order chi connectivity index (χ1) is 7.81. The highest BCUT2D eigenvalue weighted by Gasteiger charge is 1.98. The molecule has 84 valence electrons. The standard InChI is InChI=1S/C13H16N2O/c1-2-11-3-5-12(6-4-11)8-15-9-13(10-16)7-14-15/h3-7,9,16H,2,8,10H2,1H3. The molecule has 0 radical (unpaired) electrons. The van der Waals surface area contributed by atoms with Crippen molar-refractivity contribution >= 4 is 0 Å². The molecule has 0 spiro atoms. The Balaban J connectivity index is 2.08. The van der Waals surface area contributed by atoms with Crippen LogP contribution in [0, 0.1) is 0 Å². The van der Waals surface area contributed by atoms with E-state index in [4.69, 9.17) is 5.11 Å². The second-order valence-corrected chi connectivity index (χ2v) is 3.87. The van der Waals surface area contributed by atoms with Gasteiger partial charge in [0, 0.05) is 11.8 Å². The molecule has 0 amide bonds. The topological polar surface area (TPSA) is 38.0 Å². The molecule has 0 atom stereocenters. The average Bonchev–Trinajstić information content (AvgIpc) is 2.78. The fraction of sp³-hybridized carbons (Fsp3) is 0.308. The van der Waals surface area contributed by atoms with E-state index in [1.807, 2.05) is 10.9 Å². The van der Waals surface area contributed by atoms with Gasteiger partial charge in [0.2, 0.25) is 0 Å². The molecule has 1 heterocycles. The van der Waals surface area contributed by atoms with Gasteiger partial charge in [-0.05, 0) is 17.5 Å². The molecule has 16 heavy (non-hydrogen) atoms. The van der Waals surface area contributed by atoms with Gasteiger partial charge in [0.1, 0.15) is 0 Å². The maximum Gasteiger partial charge on any atom is 0.0712 e. The Morgan fingerprint density at radius 3 is 2.38 bits per heavy atom. The van der Waals surface area contributed by atoms with Crippen LogP contribution in [0.25, 0.3) is 0 Å². The van der Waals surface area contributed by atoms with E-state index in [1.54, 1.807) is 6.20 Å². The zero-order chi connectivity index (χ0) is 11.4. The molecule has 2 rings (SSSR count). The highest BCUT2D eigenvalue weighted by Crippen LogP contribution is 2.07. The minimum atomic E-state index is 0.0504. The number of hydrogen-bond acceptors (Lipinski definition) is 2. The van der Waals surface area contributed by atoms with Crippen molar-refractivity contribution in [1.29, 1.82) is 0 Å². The molecule has 0 unspecified atom stereocenters. The lowest BCUT2D eigenvalue weighted by molar-refractivity contribution is 0.281. The summed E-state index contributed by atoms with van der Waals surface area (Å²) in [5.74, 6) is 0. The first-order valence-electron chi connectivity index (χ1n) is 5.52. The smallest absolute Gasteiger partial charge is 0.0712 e. The number of benzene rings is 1. The van der Waals surface area contributed by atoms with Crippen LogP contribution in [-0.4, -0.2) is 14.9 Å². The number of nitrogens with zero attached hydrogens (tertiary/aromatic N) is 2. The van der Waals surface area contributed by atoms with Crippen molar-refractivity contribution in [2.75, 3.05) is 0 Å². The minimum absolute atomic E-state index is 0.0504. The van der Waals surface area contributed by atoms with Crippen molar-refractivity contribution in [3.05, 3.63) is 53.3 Å². The van der Waals surface area contributed by atoms with Crippen molar-refractivity contribution < 1.29 is 5.11 Å². The van der Waals surface area contributed by atoms with E-state index in [2.05, 4.69) is 36.3 Å². The van der Waals surface area contributed by atoms with Gasteiger partial charge in [0.15, 0.2) is 0 Å². The zero-order valence-electron chi connectivity index (χ0n) is 9.43. The summed E-state index contributed by atoms with van der Waals surface area (Å²) < 4.78 is 1.84. The molecule has 0 aliphatic rings. The quantitative estimate of drug-likeness (QED) is 0.848. The largest absolute Gasteiger partial charge is 0.392 e. The van der Waals surface area contributed by atoms with Crippen molar-refractivity contribution in [2.45, 2.75) is 26.5 Å². The van der Waals surface area contributed by atoms with E-state index >= 15 is 0 Å². The van der Waals surface area contributed by atoms with Crippen molar-refractivity contribution in [1.82, 2.24) is 9.78 Å². The lowest BCUT2D eigenvalue weighted by Crippen LogP contribution is -1.99. The molecule has 1 aromatic heterocycles. The summed E-state index contributed by atoms with van der Waals surface area (Å²) in [6, 6.07) is 8.54. The summed E-state index contributed by atoms with van der Waals surface area (Å²) in [4.78, 5) is 0.